The van der Waals surface area contributed by atoms with Crippen LogP contribution in [0.15, 0.2) is 24.4 Å². The largest absolute Gasteiger partial charge is 0.478 e. The number of hydrogen-bond acceptors (Lipinski definition) is 2. The molecule has 0 saturated heterocycles. The molecule has 0 fully saturated rings. The summed E-state index contributed by atoms with van der Waals surface area (Å²) in [7, 11) is 0. The number of carboxylic acids is 1. The van der Waals surface area contributed by atoms with E-state index in [0.717, 1.165) is 0 Å². The molecular weight excluding hydrogens is 130 g/mol. The molecular formula is C7H11NO2. The van der Waals surface area contributed by atoms with Crippen molar-refractivity contribution in [3.63, 3.8) is 0 Å². The normalized spacial score (nSPS) is 10.7. The highest BCUT2D eigenvalue weighted by Gasteiger charge is 1.96. The maximum absolute atomic E-state index is 10.2. The number of carbonyl (C=O) groups is 1. The summed E-state index contributed by atoms with van der Waals surface area (Å²) in [5, 5.41) is 11.1. The van der Waals surface area contributed by atoms with Crippen molar-refractivity contribution >= 4 is 5.97 Å². The third-order valence-corrected chi connectivity index (χ3v) is 0.918. The predicted molar refractivity (Wildman–Crippen MR) is 39.6 cm³/mol. The van der Waals surface area contributed by atoms with Crippen LogP contribution in [0.5, 0.6) is 0 Å². The highest BCUT2D eigenvalue weighted by Crippen LogP contribution is 1.87. The third-order valence-electron chi connectivity index (χ3n) is 0.918. The molecule has 0 rings (SSSR count). The Morgan fingerprint density at radius 1 is 1.80 bits per heavy atom. The van der Waals surface area contributed by atoms with Gasteiger partial charge in [0.25, 0.3) is 0 Å². The molecule has 0 amide bonds. The van der Waals surface area contributed by atoms with Crippen LogP contribution in [0.4, 0.5) is 0 Å². The maximum atomic E-state index is 10.2. The van der Waals surface area contributed by atoms with Crippen LogP contribution in [0, 0.1) is 0 Å². The van der Waals surface area contributed by atoms with Gasteiger partial charge in [0.1, 0.15) is 0 Å². The van der Waals surface area contributed by atoms with E-state index in [1.165, 1.54) is 13.1 Å². The first-order chi connectivity index (χ1) is 4.68. The Hall–Kier alpha value is -1.25. The Morgan fingerprint density at radius 3 is 2.80 bits per heavy atom. The number of hydrogen-bond donors (Lipinski definition) is 2. The summed E-state index contributed by atoms with van der Waals surface area (Å²) < 4.78 is 0. The fraction of sp³-hybridized carbons (Fsp3) is 0.286. The van der Waals surface area contributed by atoms with E-state index in [4.69, 9.17) is 5.11 Å². The molecule has 0 aliphatic rings. The van der Waals surface area contributed by atoms with Gasteiger partial charge in [-0.2, -0.15) is 0 Å². The average molecular weight is 141 g/mol. The van der Waals surface area contributed by atoms with Crippen LogP contribution in [0.25, 0.3) is 0 Å². The van der Waals surface area contributed by atoms with E-state index in [1.807, 2.05) is 0 Å². The van der Waals surface area contributed by atoms with Gasteiger partial charge in [-0.15, -0.1) is 6.58 Å². The molecule has 0 heterocycles. The molecule has 0 spiro atoms. The zero-order valence-electron chi connectivity index (χ0n) is 5.92. The Kier molecular flexibility index (Phi) is 4.04. The van der Waals surface area contributed by atoms with Crippen molar-refractivity contribution in [2.45, 2.75) is 6.92 Å². The number of aliphatic carboxylic acids is 1. The zero-order chi connectivity index (χ0) is 7.98. The summed E-state index contributed by atoms with van der Waals surface area (Å²) in [5.41, 5.74) is 0.293. The molecule has 0 aromatic carbocycles. The van der Waals surface area contributed by atoms with Gasteiger partial charge in [0, 0.05) is 18.3 Å². The molecule has 2 N–H and O–H groups in total. The first-order valence-corrected chi connectivity index (χ1v) is 2.93. The molecule has 0 unspecified atom stereocenters. The van der Waals surface area contributed by atoms with Crippen molar-refractivity contribution in [1.29, 1.82) is 0 Å². The van der Waals surface area contributed by atoms with Crippen molar-refractivity contribution in [2.75, 3.05) is 6.54 Å². The van der Waals surface area contributed by atoms with Gasteiger partial charge in [-0.05, 0) is 6.92 Å². The molecule has 0 atom stereocenters. The third kappa shape index (κ3) is 3.72. The lowest BCUT2D eigenvalue weighted by atomic mass is 10.3. The van der Waals surface area contributed by atoms with Gasteiger partial charge in [0.2, 0.25) is 0 Å². The second-order valence-electron chi connectivity index (χ2n) is 1.83. The van der Waals surface area contributed by atoms with E-state index in [9.17, 15) is 4.79 Å². The lowest BCUT2D eigenvalue weighted by molar-refractivity contribution is -0.132. The Balaban J connectivity index is 3.68. The van der Waals surface area contributed by atoms with Crippen LogP contribution < -0.4 is 5.32 Å². The van der Waals surface area contributed by atoms with Crippen LogP contribution in [-0.2, 0) is 4.79 Å². The quantitative estimate of drug-likeness (QED) is 0.345. The molecule has 10 heavy (non-hydrogen) atoms. The highest BCUT2D eigenvalue weighted by atomic mass is 16.4. The first kappa shape index (κ1) is 8.75. The summed E-state index contributed by atoms with van der Waals surface area (Å²) in [6.07, 6.45) is 3.11. The average Bonchev–Trinajstić information content (AvgIpc) is 1.88. The van der Waals surface area contributed by atoms with Crippen LogP contribution >= 0.6 is 0 Å². The fourth-order valence-corrected chi connectivity index (χ4v) is 0.357. The summed E-state index contributed by atoms with van der Waals surface area (Å²) in [6, 6.07) is 0. The van der Waals surface area contributed by atoms with E-state index in [0.29, 0.717) is 12.1 Å². The van der Waals surface area contributed by atoms with Crippen molar-refractivity contribution in [3.8, 4) is 0 Å². The standard InChI is InChI=1S/C7H11NO2/c1-3-4-8-5-6(2)7(9)10/h3,5,8H,1,4H2,2H3,(H,9,10)/b6-5+. The van der Waals surface area contributed by atoms with Crippen molar-refractivity contribution in [2.24, 2.45) is 0 Å². The van der Waals surface area contributed by atoms with Crippen LogP contribution in [-0.4, -0.2) is 17.6 Å². The predicted octanol–water partition coefficient (Wildman–Crippen LogP) is 0.750. The Morgan fingerprint density at radius 2 is 2.40 bits per heavy atom. The molecule has 3 nitrogen and oxygen atoms in total. The summed E-state index contributed by atoms with van der Waals surface area (Å²) >= 11 is 0. The fourth-order valence-electron chi connectivity index (χ4n) is 0.357. The molecule has 0 radical (unpaired) electrons. The minimum absolute atomic E-state index is 0.293. The SMILES string of the molecule is C=CCN/C=C(\C)C(=O)O. The molecule has 0 aromatic heterocycles. The molecule has 0 saturated carbocycles. The highest BCUT2D eigenvalue weighted by molar-refractivity contribution is 5.85. The zero-order valence-corrected chi connectivity index (χ0v) is 5.92. The minimum atomic E-state index is -0.906. The molecule has 56 valence electrons. The molecule has 3 heteroatoms. The monoisotopic (exact) mass is 141 g/mol. The van der Waals surface area contributed by atoms with Crippen molar-refractivity contribution in [1.82, 2.24) is 5.32 Å². The van der Waals surface area contributed by atoms with Crippen LogP contribution in [0.2, 0.25) is 0 Å². The van der Waals surface area contributed by atoms with Crippen LogP contribution in [0.3, 0.4) is 0 Å². The lowest BCUT2D eigenvalue weighted by Gasteiger charge is -1.94. The number of nitrogens with one attached hydrogen (secondary N) is 1. The van der Waals surface area contributed by atoms with Gasteiger partial charge in [0.15, 0.2) is 0 Å². The number of rotatable bonds is 4. The van der Waals surface area contributed by atoms with E-state index in [1.54, 1.807) is 6.08 Å². The first-order valence-electron chi connectivity index (χ1n) is 2.93. The maximum Gasteiger partial charge on any atom is 0.332 e. The van der Waals surface area contributed by atoms with Gasteiger partial charge >= 0.3 is 5.97 Å². The second-order valence-corrected chi connectivity index (χ2v) is 1.83. The van der Waals surface area contributed by atoms with Crippen molar-refractivity contribution in [3.05, 3.63) is 24.4 Å². The molecule has 0 aliphatic heterocycles. The van der Waals surface area contributed by atoms with E-state index >= 15 is 0 Å². The van der Waals surface area contributed by atoms with E-state index in [2.05, 4.69) is 11.9 Å². The summed E-state index contributed by atoms with van der Waals surface area (Å²) in [6.45, 7) is 5.58. The van der Waals surface area contributed by atoms with Crippen LogP contribution in [0.1, 0.15) is 6.92 Å². The summed E-state index contributed by atoms with van der Waals surface area (Å²) in [4.78, 5) is 10.2. The Labute approximate surface area is 60.1 Å². The minimum Gasteiger partial charge on any atom is -0.478 e. The smallest absolute Gasteiger partial charge is 0.332 e. The molecule has 0 aromatic rings. The summed E-state index contributed by atoms with van der Waals surface area (Å²) in [5.74, 6) is -0.906. The van der Waals surface area contributed by atoms with Gasteiger partial charge < -0.3 is 10.4 Å². The van der Waals surface area contributed by atoms with Gasteiger partial charge in [-0.1, -0.05) is 6.08 Å². The molecule has 0 bridgehead atoms. The van der Waals surface area contributed by atoms with Gasteiger partial charge in [-0.3, -0.25) is 0 Å². The van der Waals surface area contributed by atoms with Gasteiger partial charge in [0.05, 0.1) is 0 Å². The number of carboxylic acid groups (broad SMARTS) is 1. The Bertz CT molecular complexity index is 161. The van der Waals surface area contributed by atoms with Crippen molar-refractivity contribution < 1.29 is 9.90 Å². The van der Waals surface area contributed by atoms with E-state index < -0.39 is 5.97 Å². The van der Waals surface area contributed by atoms with E-state index in [-0.39, 0.29) is 0 Å². The molecule has 0 aliphatic carbocycles. The van der Waals surface area contributed by atoms with Gasteiger partial charge in [-0.25, -0.2) is 4.79 Å². The topological polar surface area (TPSA) is 49.3 Å². The lowest BCUT2D eigenvalue weighted by Crippen LogP contribution is -2.07. The second kappa shape index (κ2) is 4.61.